The Kier molecular flexibility index (Phi) is 7.14. The molecule has 0 aliphatic rings. The van der Waals surface area contributed by atoms with Gasteiger partial charge in [-0.2, -0.15) is 0 Å². The van der Waals surface area contributed by atoms with E-state index in [1.54, 1.807) is 0 Å². The number of aliphatic hydroxyl groups is 1. The first-order valence-electron chi connectivity index (χ1n) is 5.40. The van der Waals surface area contributed by atoms with Crippen LogP contribution < -0.4 is 4.74 Å². The normalized spacial score (nSPS) is 9.06. The molecule has 0 radical (unpaired) electrons. The highest BCUT2D eigenvalue weighted by Crippen LogP contribution is 2.17. The number of carboxylic acids is 2. The number of ether oxygens (including phenoxy) is 1. The van der Waals surface area contributed by atoms with E-state index < -0.39 is 11.9 Å². The maximum atomic E-state index is 10.7. The topological polar surface area (TPSA) is 104 Å². The zero-order valence-corrected chi connectivity index (χ0v) is 10.2. The molecular weight excluding hydrogens is 240 g/mol. The van der Waals surface area contributed by atoms with Crippen LogP contribution in [-0.4, -0.2) is 40.5 Å². The van der Waals surface area contributed by atoms with Crippen LogP contribution in [0.1, 0.15) is 34.6 Å². The molecule has 0 spiro atoms. The molecule has 6 nitrogen and oxygen atoms in total. The van der Waals surface area contributed by atoms with Gasteiger partial charge in [-0.15, -0.1) is 0 Å². The summed E-state index contributed by atoms with van der Waals surface area (Å²) in [5, 5.41) is 26.0. The number of aliphatic hydroxyl groups excluding tert-OH is 1. The molecule has 6 heteroatoms. The average molecular weight is 256 g/mol. The molecule has 0 amide bonds. The molecule has 0 unspecified atom stereocenters. The molecule has 3 N–H and O–H groups in total. The minimum atomic E-state index is -1.24. The molecular formula is C12H16O6. The van der Waals surface area contributed by atoms with E-state index in [2.05, 4.69) is 0 Å². The Bertz CT molecular complexity index is 381. The third-order valence-corrected chi connectivity index (χ3v) is 1.76. The summed E-state index contributed by atoms with van der Waals surface area (Å²) in [6.45, 7) is 3.74. The largest absolute Gasteiger partial charge is 0.491 e. The minimum absolute atomic E-state index is 0.0257. The van der Waals surface area contributed by atoms with Crippen molar-refractivity contribution in [1.82, 2.24) is 0 Å². The Morgan fingerprint density at radius 3 is 1.83 bits per heavy atom. The molecule has 0 fully saturated rings. The maximum Gasteiger partial charge on any atom is 0.335 e. The molecule has 0 aromatic heterocycles. The third kappa shape index (κ3) is 4.84. The van der Waals surface area contributed by atoms with Crippen LogP contribution in [0, 0.1) is 0 Å². The molecule has 0 aliphatic heterocycles. The van der Waals surface area contributed by atoms with Crippen molar-refractivity contribution in [2.75, 3.05) is 13.2 Å². The zero-order chi connectivity index (χ0) is 14.1. The SMILES string of the molecule is CC.O=C(O)c1cc(OCCO)cc(C(=O)O)c1. The molecule has 0 atom stereocenters. The van der Waals surface area contributed by atoms with Crippen LogP contribution in [0.2, 0.25) is 0 Å². The zero-order valence-electron chi connectivity index (χ0n) is 10.2. The molecule has 1 rings (SSSR count). The van der Waals surface area contributed by atoms with Crippen molar-refractivity contribution in [3.63, 3.8) is 0 Å². The Morgan fingerprint density at radius 1 is 1.06 bits per heavy atom. The van der Waals surface area contributed by atoms with Crippen molar-refractivity contribution < 1.29 is 29.6 Å². The second-order valence-electron chi connectivity index (χ2n) is 2.93. The van der Waals surface area contributed by atoms with Crippen LogP contribution in [0.25, 0.3) is 0 Å². The van der Waals surface area contributed by atoms with Crippen LogP contribution in [0.3, 0.4) is 0 Å². The number of carbonyl (C=O) groups is 2. The van der Waals surface area contributed by atoms with Crippen LogP contribution in [0.15, 0.2) is 18.2 Å². The van der Waals surface area contributed by atoms with Crippen molar-refractivity contribution in [1.29, 1.82) is 0 Å². The van der Waals surface area contributed by atoms with Crippen LogP contribution in [0.5, 0.6) is 5.75 Å². The first-order valence-corrected chi connectivity index (χ1v) is 5.40. The molecule has 0 saturated carbocycles. The third-order valence-electron chi connectivity index (χ3n) is 1.76. The number of benzene rings is 1. The monoisotopic (exact) mass is 256 g/mol. The van der Waals surface area contributed by atoms with Crippen molar-refractivity contribution in [2.24, 2.45) is 0 Å². The summed E-state index contributed by atoms with van der Waals surface area (Å²) >= 11 is 0. The summed E-state index contributed by atoms with van der Waals surface area (Å²) < 4.78 is 4.96. The van der Waals surface area contributed by atoms with Gasteiger partial charge in [-0.05, 0) is 18.2 Å². The summed E-state index contributed by atoms with van der Waals surface area (Å²) in [7, 11) is 0. The van der Waals surface area contributed by atoms with E-state index in [0.717, 1.165) is 6.07 Å². The van der Waals surface area contributed by atoms with Crippen molar-refractivity contribution in [3.8, 4) is 5.75 Å². The lowest BCUT2D eigenvalue weighted by molar-refractivity contribution is 0.0696. The van der Waals surface area contributed by atoms with Gasteiger partial charge in [-0.25, -0.2) is 9.59 Å². The summed E-state index contributed by atoms with van der Waals surface area (Å²) in [4.78, 5) is 21.4. The summed E-state index contributed by atoms with van der Waals surface area (Å²) in [6, 6.07) is 3.44. The average Bonchev–Trinajstić information content (AvgIpc) is 2.38. The van der Waals surface area contributed by atoms with E-state index in [1.165, 1.54) is 12.1 Å². The number of aromatic carboxylic acids is 2. The lowest BCUT2D eigenvalue weighted by Gasteiger charge is -2.06. The lowest BCUT2D eigenvalue weighted by Crippen LogP contribution is -2.06. The molecule has 1 aromatic carbocycles. The molecule has 0 aliphatic carbocycles. The number of hydrogen-bond donors (Lipinski definition) is 3. The molecule has 1 aromatic rings. The van der Waals surface area contributed by atoms with Gasteiger partial charge in [0.25, 0.3) is 0 Å². The molecule has 100 valence electrons. The van der Waals surface area contributed by atoms with E-state index in [-0.39, 0.29) is 30.1 Å². The van der Waals surface area contributed by atoms with Crippen molar-refractivity contribution in [2.45, 2.75) is 13.8 Å². The molecule has 0 heterocycles. The van der Waals surface area contributed by atoms with Gasteiger partial charge < -0.3 is 20.1 Å². The molecule has 18 heavy (non-hydrogen) atoms. The fourth-order valence-corrected chi connectivity index (χ4v) is 1.09. The summed E-state index contributed by atoms with van der Waals surface area (Å²) in [6.07, 6.45) is 0. The highest BCUT2D eigenvalue weighted by atomic mass is 16.5. The predicted molar refractivity (Wildman–Crippen MR) is 64.3 cm³/mol. The van der Waals surface area contributed by atoms with Crippen molar-refractivity contribution >= 4 is 11.9 Å². The lowest BCUT2D eigenvalue weighted by atomic mass is 10.1. The second kappa shape index (κ2) is 8.08. The Morgan fingerprint density at radius 2 is 1.50 bits per heavy atom. The summed E-state index contributed by atoms with van der Waals surface area (Å²) in [5.41, 5.74) is -0.347. The number of carboxylic acid groups (broad SMARTS) is 2. The second-order valence-corrected chi connectivity index (χ2v) is 2.93. The van der Waals surface area contributed by atoms with E-state index >= 15 is 0 Å². The number of rotatable bonds is 5. The van der Waals surface area contributed by atoms with E-state index in [9.17, 15) is 9.59 Å². The fraction of sp³-hybridized carbons (Fsp3) is 0.333. The van der Waals surface area contributed by atoms with Gasteiger partial charge in [0, 0.05) is 0 Å². The smallest absolute Gasteiger partial charge is 0.335 e. The van der Waals surface area contributed by atoms with Gasteiger partial charge in [0.05, 0.1) is 17.7 Å². The van der Waals surface area contributed by atoms with Crippen LogP contribution >= 0.6 is 0 Å². The van der Waals surface area contributed by atoms with E-state index in [1.807, 2.05) is 13.8 Å². The van der Waals surface area contributed by atoms with Gasteiger partial charge >= 0.3 is 11.9 Å². The molecule has 0 saturated heterocycles. The minimum Gasteiger partial charge on any atom is -0.491 e. The Balaban J connectivity index is 0.00000137. The Hall–Kier alpha value is -2.08. The van der Waals surface area contributed by atoms with Gasteiger partial charge in [0.1, 0.15) is 12.4 Å². The first kappa shape index (κ1) is 15.9. The Labute approximate surface area is 104 Å². The van der Waals surface area contributed by atoms with Gasteiger partial charge in [0.2, 0.25) is 0 Å². The maximum absolute atomic E-state index is 10.7. The van der Waals surface area contributed by atoms with Gasteiger partial charge in [-0.1, -0.05) is 13.8 Å². The van der Waals surface area contributed by atoms with E-state index in [0.29, 0.717) is 0 Å². The highest BCUT2D eigenvalue weighted by molar-refractivity contribution is 5.94. The van der Waals surface area contributed by atoms with Gasteiger partial charge in [0.15, 0.2) is 0 Å². The number of hydrogen-bond acceptors (Lipinski definition) is 4. The quantitative estimate of drug-likeness (QED) is 0.737. The predicted octanol–water partition coefficient (Wildman–Crippen LogP) is 1.48. The van der Waals surface area contributed by atoms with Crippen molar-refractivity contribution in [3.05, 3.63) is 29.3 Å². The fourth-order valence-electron chi connectivity index (χ4n) is 1.09. The molecule has 0 bridgehead atoms. The van der Waals surface area contributed by atoms with E-state index in [4.69, 9.17) is 20.1 Å². The van der Waals surface area contributed by atoms with Crippen LogP contribution in [-0.2, 0) is 0 Å². The standard InChI is InChI=1S/C10H10O6.C2H6/c11-1-2-16-8-4-6(9(12)13)3-7(5-8)10(14)15;1-2/h3-5,11H,1-2H2,(H,12,13)(H,14,15);1-2H3. The first-order chi connectivity index (χ1) is 8.54. The van der Waals surface area contributed by atoms with Crippen LogP contribution in [0.4, 0.5) is 0 Å². The summed E-state index contributed by atoms with van der Waals surface area (Å²) in [5.74, 6) is -2.37. The highest BCUT2D eigenvalue weighted by Gasteiger charge is 2.11. The van der Waals surface area contributed by atoms with Gasteiger partial charge in [-0.3, -0.25) is 0 Å².